The Kier molecular flexibility index (Phi) is 6.74. The summed E-state index contributed by atoms with van der Waals surface area (Å²) in [5.74, 6) is -3.35. The third kappa shape index (κ3) is 4.97. The Hall–Kier alpha value is -4.81. The molecule has 1 atom stereocenters. The van der Waals surface area contributed by atoms with Gasteiger partial charge in [-0.15, -0.1) is 0 Å². The molecule has 1 aliphatic rings. The van der Waals surface area contributed by atoms with E-state index in [1.807, 2.05) is 0 Å². The Bertz CT molecular complexity index is 1660. The lowest BCUT2D eigenvalue weighted by Gasteiger charge is -2.16. The smallest absolute Gasteiger partial charge is 0.416 e. The Morgan fingerprint density at radius 1 is 1.10 bits per heavy atom. The van der Waals surface area contributed by atoms with Gasteiger partial charge in [0.05, 0.1) is 23.4 Å². The van der Waals surface area contributed by atoms with E-state index in [-0.39, 0.29) is 29.1 Å². The molecule has 4 aromatic rings. The van der Waals surface area contributed by atoms with E-state index in [4.69, 9.17) is 0 Å². The van der Waals surface area contributed by atoms with Gasteiger partial charge in [-0.05, 0) is 60.2 Å². The van der Waals surface area contributed by atoms with E-state index < -0.39 is 41.4 Å². The van der Waals surface area contributed by atoms with Gasteiger partial charge in [-0.2, -0.15) is 18.3 Å². The molecule has 0 fully saturated rings. The van der Waals surface area contributed by atoms with Crippen LogP contribution < -0.4 is 10.6 Å². The SMILES string of the molecule is Cc1c(C(=O)O)ccc2c1CC[C@@H]2NC(=O)c1cc(C(=O)NCc2ccc(C(F)(F)F)cc2)nc2c(F)cnn12. The summed E-state index contributed by atoms with van der Waals surface area (Å²) in [4.78, 5) is 41.6. The van der Waals surface area contributed by atoms with E-state index >= 15 is 0 Å². The van der Waals surface area contributed by atoms with Crippen molar-refractivity contribution >= 4 is 23.4 Å². The molecule has 3 N–H and O–H groups in total. The number of benzene rings is 2. The number of aromatic nitrogens is 3. The molecule has 5 rings (SSSR count). The zero-order chi connectivity index (χ0) is 28.8. The molecule has 0 unspecified atom stereocenters. The summed E-state index contributed by atoms with van der Waals surface area (Å²) in [6.45, 7) is 1.57. The minimum Gasteiger partial charge on any atom is -0.478 e. The molecule has 2 aromatic carbocycles. The molecule has 1 aliphatic carbocycles. The van der Waals surface area contributed by atoms with Crippen LogP contribution >= 0.6 is 0 Å². The fraction of sp³-hybridized carbons (Fsp3) is 0.222. The van der Waals surface area contributed by atoms with Crippen LogP contribution in [0.3, 0.4) is 0 Å². The van der Waals surface area contributed by atoms with E-state index in [0.29, 0.717) is 24.0 Å². The van der Waals surface area contributed by atoms with Gasteiger partial charge in [0.2, 0.25) is 0 Å². The summed E-state index contributed by atoms with van der Waals surface area (Å²) >= 11 is 0. The molecule has 9 nitrogen and oxygen atoms in total. The predicted octanol–water partition coefficient (Wildman–Crippen LogP) is 4.24. The molecule has 0 bridgehead atoms. The van der Waals surface area contributed by atoms with E-state index in [0.717, 1.165) is 40.0 Å². The highest BCUT2D eigenvalue weighted by atomic mass is 19.4. The Morgan fingerprint density at radius 3 is 2.50 bits per heavy atom. The first kappa shape index (κ1) is 26.8. The summed E-state index contributed by atoms with van der Waals surface area (Å²) in [5.41, 5.74) is 1.14. The molecular weight excluding hydrogens is 534 g/mol. The number of nitrogens with zero attached hydrogens (tertiary/aromatic N) is 3. The molecule has 0 saturated heterocycles. The Balaban J connectivity index is 1.37. The quantitative estimate of drug-likeness (QED) is 0.306. The lowest BCUT2D eigenvalue weighted by Crippen LogP contribution is -2.30. The van der Waals surface area contributed by atoms with Crippen LogP contribution in [0.25, 0.3) is 5.65 Å². The van der Waals surface area contributed by atoms with Crippen molar-refractivity contribution < 1.29 is 37.1 Å². The van der Waals surface area contributed by atoms with Crippen LogP contribution in [0.5, 0.6) is 0 Å². The van der Waals surface area contributed by atoms with Crippen LogP contribution in [0, 0.1) is 12.7 Å². The van der Waals surface area contributed by atoms with Crippen LogP contribution in [0.2, 0.25) is 0 Å². The average Bonchev–Trinajstić information content (AvgIpc) is 3.50. The van der Waals surface area contributed by atoms with Crippen molar-refractivity contribution in [1.82, 2.24) is 25.2 Å². The van der Waals surface area contributed by atoms with E-state index in [1.54, 1.807) is 13.0 Å². The Morgan fingerprint density at radius 2 is 1.82 bits per heavy atom. The summed E-state index contributed by atoms with van der Waals surface area (Å²) < 4.78 is 53.7. The molecule has 0 aliphatic heterocycles. The number of alkyl halides is 3. The second-order valence-electron chi connectivity index (χ2n) is 9.31. The summed E-state index contributed by atoms with van der Waals surface area (Å²) in [6, 6.07) is 8.04. The maximum absolute atomic E-state index is 14.4. The third-order valence-electron chi connectivity index (χ3n) is 6.86. The van der Waals surface area contributed by atoms with Crippen molar-refractivity contribution in [2.45, 2.75) is 38.5 Å². The van der Waals surface area contributed by atoms with Crippen LogP contribution in [0.4, 0.5) is 17.6 Å². The van der Waals surface area contributed by atoms with Crippen molar-refractivity contribution in [3.05, 3.63) is 99.2 Å². The number of carboxylic acids is 1. The third-order valence-corrected chi connectivity index (χ3v) is 6.86. The minimum absolute atomic E-state index is 0.135. The maximum atomic E-state index is 14.4. The van der Waals surface area contributed by atoms with Crippen LogP contribution in [-0.2, 0) is 19.1 Å². The van der Waals surface area contributed by atoms with E-state index in [9.17, 15) is 37.1 Å². The van der Waals surface area contributed by atoms with Gasteiger partial charge in [0.15, 0.2) is 11.5 Å². The van der Waals surface area contributed by atoms with Crippen molar-refractivity contribution in [3.8, 4) is 0 Å². The van der Waals surface area contributed by atoms with Gasteiger partial charge in [-0.1, -0.05) is 18.2 Å². The number of carbonyl (C=O) groups is 3. The highest BCUT2D eigenvalue weighted by Gasteiger charge is 2.31. The number of aromatic carboxylic acids is 1. The maximum Gasteiger partial charge on any atom is 0.416 e. The number of carboxylic acid groups (broad SMARTS) is 1. The topological polar surface area (TPSA) is 126 Å². The fourth-order valence-electron chi connectivity index (χ4n) is 4.79. The van der Waals surface area contributed by atoms with Gasteiger partial charge in [0.1, 0.15) is 11.4 Å². The molecular formula is C27H21F4N5O4. The number of amides is 2. The molecule has 206 valence electrons. The van der Waals surface area contributed by atoms with Crippen LogP contribution in [-0.4, -0.2) is 37.5 Å². The number of hydrogen-bond donors (Lipinski definition) is 3. The molecule has 2 amide bonds. The van der Waals surface area contributed by atoms with Gasteiger partial charge in [0, 0.05) is 12.6 Å². The normalized spacial score (nSPS) is 14.7. The van der Waals surface area contributed by atoms with Crippen molar-refractivity contribution in [2.75, 3.05) is 0 Å². The fourth-order valence-corrected chi connectivity index (χ4v) is 4.79. The number of hydrogen-bond acceptors (Lipinski definition) is 5. The summed E-state index contributed by atoms with van der Waals surface area (Å²) in [5, 5.41) is 18.6. The molecule has 0 radical (unpaired) electrons. The minimum atomic E-state index is -4.49. The number of fused-ring (bicyclic) bond motifs is 2. The zero-order valence-corrected chi connectivity index (χ0v) is 20.8. The van der Waals surface area contributed by atoms with Gasteiger partial charge < -0.3 is 15.7 Å². The lowest BCUT2D eigenvalue weighted by atomic mass is 9.98. The van der Waals surface area contributed by atoms with E-state index in [2.05, 4.69) is 20.7 Å². The number of carbonyl (C=O) groups excluding carboxylic acids is 2. The zero-order valence-electron chi connectivity index (χ0n) is 20.8. The first-order valence-electron chi connectivity index (χ1n) is 12.1. The van der Waals surface area contributed by atoms with Crippen molar-refractivity contribution in [3.63, 3.8) is 0 Å². The summed E-state index contributed by atoms with van der Waals surface area (Å²) in [6.07, 6.45) is -2.58. The monoisotopic (exact) mass is 555 g/mol. The largest absolute Gasteiger partial charge is 0.478 e. The lowest BCUT2D eigenvalue weighted by molar-refractivity contribution is -0.137. The molecule has 2 heterocycles. The van der Waals surface area contributed by atoms with E-state index in [1.165, 1.54) is 18.2 Å². The van der Waals surface area contributed by atoms with Crippen molar-refractivity contribution in [2.24, 2.45) is 0 Å². The predicted molar refractivity (Wildman–Crippen MR) is 132 cm³/mol. The van der Waals surface area contributed by atoms with Gasteiger partial charge >= 0.3 is 12.1 Å². The standard InChI is InChI=1S/C27H21F4N5O4/c1-13-16-8-9-20(18(16)7-6-17(13)26(39)40)35-25(38)22-10-21(34-23-19(28)12-33-36(22)23)24(37)32-11-14-2-4-15(5-3-14)27(29,30)31/h2-7,10,12,20H,8-9,11H2,1H3,(H,32,37)(H,35,38)(H,39,40)/t20-/m0/s1. The molecule has 0 spiro atoms. The second-order valence-corrected chi connectivity index (χ2v) is 9.31. The van der Waals surface area contributed by atoms with Gasteiger partial charge in [0.25, 0.3) is 11.8 Å². The summed E-state index contributed by atoms with van der Waals surface area (Å²) in [7, 11) is 0. The molecule has 0 saturated carbocycles. The van der Waals surface area contributed by atoms with Gasteiger partial charge in [-0.25, -0.2) is 18.7 Å². The number of halogens is 4. The first-order valence-corrected chi connectivity index (χ1v) is 12.1. The highest BCUT2D eigenvalue weighted by molar-refractivity contribution is 5.98. The molecule has 2 aromatic heterocycles. The second kappa shape index (κ2) is 10.1. The number of nitrogens with one attached hydrogen (secondary N) is 2. The van der Waals surface area contributed by atoms with Crippen LogP contribution in [0.1, 0.15) is 71.6 Å². The first-order chi connectivity index (χ1) is 18.9. The molecule has 13 heteroatoms. The van der Waals surface area contributed by atoms with Crippen molar-refractivity contribution in [1.29, 1.82) is 0 Å². The highest BCUT2D eigenvalue weighted by Crippen LogP contribution is 2.35. The van der Waals surface area contributed by atoms with Crippen LogP contribution in [0.15, 0.2) is 48.7 Å². The Labute approximate surface area is 223 Å². The van der Waals surface area contributed by atoms with Gasteiger partial charge in [-0.3, -0.25) is 9.59 Å². The number of rotatable bonds is 6. The molecule has 40 heavy (non-hydrogen) atoms. The average molecular weight is 555 g/mol.